The number of fused-ring (bicyclic) bond motifs is 1. The van der Waals surface area contributed by atoms with E-state index in [-0.39, 0.29) is 0 Å². The van der Waals surface area contributed by atoms with Gasteiger partial charge in [0.1, 0.15) is 0 Å². The zero-order valence-electron chi connectivity index (χ0n) is 12.7. The van der Waals surface area contributed by atoms with Crippen molar-refractivity contribution in [1.29, 1.82) is 0 Å². The van der Waals surface area contributed by atoms with Crippen LogP contribution in [-0.2, 0) is 6.42 Å². The average molecular weight is 410 g/mol. The Balaban J connectivity index is 2.10. The predicted octanol–water partition coefficient (Wildman–Crippen LogP) is -0.557. The molecule has 2 aromatic heterocycles. The number of hydrogen-bond donors (Lipinski definition) is 1. The summed E-state index contributed by atoms with van der Waals surface area (Å²) in [6.45, 7) is 3.99. The Hall–Kier alpha value is -1.83. The second-order valence-electron chi connectivity index (χ2n) is 4.91. The van der Waals surface area contributed by atoms with Gasteiger partial charge < -0.3 is 0 Å². The Bertz CT molecular complexity index is 830. The van der Waals surface area contributed by atoms with Gasteiger partial charge in [-0.15, -0.1) is 0 Å². The van der Waals surface area contributed by atoms with Crippen LogP contribution < -0.4 is 25.9 Å². The predicted molar refractivity (Wildman–Crippen MR) is 79.2 cm³/mol. The molecule has 5 nitrogen and oxygen atoms in total. The van der Waals surface area contributed by atoms with Crippen molar-refractivity contribution in [2.45, 2.75) is 20.3 Å². The first-order valence-electron chi connectivity index (χ1n) is 6.97. The van der Waals surface area contributed by atoms with Crippen LogP contribution in [0.1, 0.15) is 18.1 Å². The van der Waals surface area contributed by atoms with Crippen molar-refractivity contribution in [1.82, 2.24) is 14.6 Å². The Labute approximate surface area is 139 Å². The van der Waals surface area contributed by atoms with Crippen LogP contribution in [0.3, 0.4) is 0 Å². The molecular weight excluding hydrogens is 393 g/mol. The van der Waals surface area contributed by atoms with E-state index in [0.29, 0.717) is 5.75 Å². The summed E-state index contributed by atoms with van der Waals surface area (Å²) in [6.07, 6.45) is 4.46. The van der Waals surface area contributed by atoms with Gasteiger partial charge >= 0.3 is 139 Å². The summed E-state index contributed by atoms with van der Waals surface area (Å²) in [5.41, 5.74) is 2.95. The molecular formula is C16H17IN3O2-. The Morgan fingerprint density at radius 3 is 2.86 bits per heavy atom. The fraction of sp³-hybridized carbons (Fsp3) is 0.250. The summed E-state index contributed by atoms with van der Waals surface area (Å²) in [4.78, 5) is 4.47. The summed E-state index contributed by atoms with van der Waals surface area (Å²) in [7, 11) is 1.68. The van der Waals surface area contributed by atoms with Gasteiger partial charge in [-0.2, -0.15) is 0 Å². The van der Waals surface area contributed by atoms with E-state index >= 15 is 0 Å². The number of hydrogen-bond acceptors (Lipinski definition) is 4. The van der Waals surface area contributed by atoms with E-state index in [1.807, 2.05) is 29.8 Å². The molecule has 22 heavy (non-hydrogen) atoms. The summed E-state index contributed by atoms with van der Waals surface area (Å²) in [5, 5.41) is 14.2. The molecule has 0 fully saturated rings. The molecule has 0 spiro atoms. The van der Waals surface area contributed by atoms with Crippen molar-refractivity contribution in [3.63, 3.8) is 0 Å². The third-order valence-corrected chi connectivity index (χ3v) is 6.11. The molecule has 3 aromatic rings. The van der Waals surface area contributed by atoms with Gasteiger partial charge in [-0.3, -0.25) is 0 Å². The molecule has 1 N–H and O–H groups in total. The maximum absolute atomic E-state index is 9.89. The van der Waals surface area contributed by atoms with Gasteiger partial charge in [0.15, 0.2) is 0 Å². The van der Waals surface area contributed by atoms with E-state index < -0.39 is 21.2 Å². The van der Waals surface area contributed by atoms with Crippen LogP contribution in [0, 0.1) is 14.2 Å². The average Bonchev–Trinajstić information content (AvgIpc) is 2.89. The van der Waals surface area contributed by atoms with E-state index in [9.17, 15) is 5.11 Å². The Morgan fingerprint density at radius 1 is 1.36 bits per heavy atom. The number of rotatable bonds is 4. The summed E-state index contributed by atoms with van der Waals surface area (Å²) in [5.74, 6) is 1.19. The SMILES string of the molecule is CCc1cn2ncnc([I-]c3ccc(C)c(O)c3)c2c1OC. The summed E-state index contributed by atoms with van der Waals surface area (Å²) >= 11 is -0.530. The number of halogens is 1. The van der Waals surface area contributed by atoms with Crippen LogP contribution in [0.5, 0.6) is 11.5 Å². The number of aryl methyl sites for hydroxylation is 2. The zero-order chi connectivity index (χ0) is 15.7. The number of phenolic OH excluding ortho intramolecular Hbond substituents is 1. The van der Waals surface area contributed by atoms with Crippen molar-refractivity contribution in [3.8, 4) is 11.5 Å². The van der Waals surface area contributed by atoms with Crippen LogP contribution >= 0.6 is 0 Å². The minimum absolute atomic E-state index is 0.332. The first-order valence-corrected chi connectivity index (χ1v) is 9.13. The number of aromatic nitrogens is 3. The molecule has 116 valence electrons. The summed E-state index contributed by atoms with van der Waals surface area (Å²) < 4.78 is 9.53. The molecule has 0 saturated heterocycles. The van der Waals surface area contributed by atoms with E-state index in [2.05, 4.69) is 23.1 Å². The number of nitrogens with zero attached hydrogens (tertiary/aromatic N) is 3. The molecule has 2 heterocycles. The number of benzene rings is 1. The number of ether oxygens (including phenoxy) is 1. The van der Waals surface area contributed by atoms with Gasteiger partial charge in [0.25, 0.3) is 0 Å². The third kappa shape index (κ3) is 2.63. The van der Waals surface area contributed by atoms with Crippen molar-refractivity contribution >= 4 is 5.52 Å². The molecule has 0 aliphatic rings. The summed E-state index contributed by atoms with van der Waals surface area (Å²) in [6, 6.07) is 5.82. The van der Waals surface area contributed by atoms with Crippen molar-refractivity contribution in [2.24, 2.45) is 0 Å². The van der Waals surface area contributed by atoms with Crippen LogP contribution in [0.4, 0.5) is 0 Å². The quantitative estimate of drug-likeness (QED) is 0.587. The monoisotopic (exact) mass is 410 g/mol. The van der Waals surface area contributed by atoms with Crippen molar-refractivity contribution in [2.75, 3.05) is 7.11 Å². The van der Waals surface area contributed by atoms with E-state index in [4.69, 9.17) is 4.74 Å². The second kappa shape index (κ2) is 6.12. The minimum atomic E-state index is -0.530. The van der Waals surface area contributed by atoms with E-state index in [0.717, 1.165) is 36.1 Å². The molecule has 0 atom stereocenters. The molecule has 0 radical (unpaired) electrons. The van der Waals surface area contributed by atoms with Gasteiger partial charge in [-0.05, 0) is 0 Å². The van der Waals surface area contributed by atoms with Gasteiger partial charge in [0, 0.05) is 0 Å². The van der Waals surface area contributed by atoms with Crippen molar-refractivity contribution < 1.29 is 31.0 Å². The third-order valence-electron chi connectivity index (χ3n) is 3.51. The topological polar surface area (TPSA) is 59.7 Å². The fourth-order valence-corrected chi connectivity index (χ4v) is 4.70. The normalized spacial score (nSPS) is 11.2. The molecule has 6 heteroatoms. The standard InChI is InChI=1S/C16H17IN3O2/c1-4-11-8-20-14(15(11)22-3)16(18-9-19-20)17-12-6-5-10(2)13(21)7-12/h5-9,21H,4H2,1-3H3/q-1. The molecule has 0 unspecified atom stereocenters. The zero-order valence-corrected chi connectivity index (χ0v) is 14.8. The Morgan fingerprint density at radius 2 is 2.18 bits per heavy atom. The molecule has 0 aliphatic carbocycles. The van der Waals surface area contributed by atoms with E-state index in [1.54, 1.807) is 13.4 Å². The van der Waals surface area contributed by atoms with E-state index in [1.165, 1.54) is 0 Å². The number of aromatic hydroxyl groups is 1. The molecule has 0 bridgehead atoms. The Kier molecular flexibility index (Phi) is 4.19. The van der Waals surface area contributed by atoms with Crippen LogP contribution in [0.2, 0.25) is 0 Å². The van der Waals surface area contributed by atoms with Gasteiger partial charge in [-0.25, -0.2) is 0 Å². The molecule has 0 aliphatic heterocycles. The fourth-order valence-electron chi connectivity index (χ4n) is 2.29. The van der Waals surface area contributed by atoms with Crippen LogP contribution in [-0.4, -0.2) is 26.8 Å². The first kappa shape index (κ1) is 15.1. The number of methoxy groups -OCH3 is 1. The molecule has 0 saturated carbocycles. The van der Waals surface area contributed by atoms with Gasteiger partial charge in [0.05, 0.1) is 0 Å². The molecule has 1 aromatic carbocycles. The van der Waals surface area contributed by atoms with Gasteiger partial charge in [-0.1, -0.05) is 0 Å². The van der Waals surface area contributed by atoms with Crippen LogP contribution in [0.15, 0.2) is 30.7 Å². The number of phenols is 1. The second-order valence-corrected chi connectivity index (χ2v) is 7.72. The molecule has 0 amide bonds. The maximum atomic E-state index is 9.89. The van der Waals surface area contributed by atoms with Crippen molar-refractivity contribution in [3.05, 3.63) is 49.1 Å². The van der Waals surface area contributed by atoms with Gasteiger partial charge in [0.2, 0.25) is 0 Å². The molecule has 3 rings (SSSR count). The van der Waals surface area contributed by atoms with Crippen LogP contribution in [0.25, 0.3) is 5.52 Å². The first-order chi connectivity index (χ1) is 10.6.